The predicted octanol–water partition coefficient (Wildman–Crippen LogP) is 3.10. The molecular weight excluding hydrogens is 630 g/mol. The summed E-state index contributed by atoms with van der Waals surface area (Å²) in [5, 5.41) is 15.6. The predicted molar refractivity (Wildman–Crippen MR) is 189 cm³/mol. The number of aromatic hydroxyl groups is 1. The summed E-state index contributed by atoms with van der Waals surface area (Å²) in [5.41, 5.74) is 18.5. The van der Waals surface area contributed by atoms with Crippen molar-refractivity contribution in [1.82, 2.24) is 15.5 Å². The van der Waals surface area contributed by atoms with E-state index < -0.39 is 41.9 Å². The molecule has 4 amide bonds. The van der Waals surface area contributed by atoms with Crippen LogP contribution in [0.25, 0.3) is 0 Å². The second-order valence-electron chi connectivity index (χ2n) is 12.5. The zero-order valence-electron chi connectivity index (χ0n) is 28.1. The minimum Gasteiger partial charge on any atom is -0.508 e. The number of aryl methyl sites for hydroxylation is 4. The van der Waals surface area contributed by atoms with Crippen LogP contribution in [0.3, 0.4) is 0 Å². The fraction of sp³-hybridized carbons (Fsp3) is 0.405. The summed E-state index contributed by atoms with van der Waals surface area (Å²) in [6.07, 6.45) is 2.44. The Kier molecular flexibility index (Phi) is 13.6. The molecule has 10 nitrogen and oxygen atoms in total. The Bertz CT molecular complexity index is 1590. The number of primary amides is 1. The van der Waals surface area contributed by atoms with E-state index in [1.54, 1.807) is 12.1 Å². The highest BCUT2D eigenvalue weighted by atomic mass is 35.5. The molecule has 4 atom stereocenters. The van der Waals surface area contributed by atoms with Gasteiger partial charge in [-0.3, -0.25) is 19.2 Å². The van der Waals surface area contributed by atoms with Crippen molar-refractivity contribution in [2.24, 2.45) is 11.5 Å². The van der Waals surface area contributed by atoms with E-state index in [0.29, 0.717) is 19.4 Å². The van der Waals surface area contributed by atoms with Gasteiger partial charge in [0.15, 0.2) is 0 Å². The molecule has 258 valence electrons. The lowest BCUT2D eigenvalue weighted by Crippen LogP contribution is -2.58. The van der Waals surface area contributed by atoms with Crippen molar-refractivity contribution in [1.29, 1.82) is 0 Å². The maximum absolute atomic E-state index is 13.9. The summed E-state index contributed by atoms with van der Waals surface area (Å²) in [6.45, 7) is 8.08. The standard InChI is InChI=1S/C37H47N5O5.ClH/c1-5-26-14-9-11-22(2)29(26)21-32(35(45)40-31(34(39)44)19-25-12-7-6-8-13-25)41-36(46)33-15-10-16-42(33)37(47)30(38)20-28-23(3)17-27(43)18-24(28)4;/h6-9,11-14,17-18,30-33,43H,5,10,15-16,19-21,38H2,1-4H3,(H2,39,44)(H,40,45)(H,41,46);1H/t30-,31-,32-,33-;/m0./s1. The fourth-order valence-corrected chi connectivity index (χ4v) is 6.53. The van der Waals surface area contributed by atoms with Crippen LogP contribution >= 0.6 is 12.4 Å². The Morgan fingerprint density at radius 1 is 0.875 bits per heavy atom. The monoisotopic (exact) mass is 677 g/mol. The number of hydrogen-bond donors (Lipinski definition) is 5. The molecule has 3 aromatic rings. The highest BCUT2D eigenvalue weighted by Crippen LogP contribution is 2.24. The van der Waals surface area contributed by atoms with Crippen molar-refractivity contribution in [3.63, 3.8) is 0 Å². The van der Waals surface area contributed by atoms with Crippen molar-refractivity contribution in [3.05, 3.63) is 99.6 Å². The van der Waals surface area contributed by atoms with Gasteiger partial charge in [-0.15, -0.1) is 12.4 Å². The second-order valence-corrected chi connectivity index (χ2v) is 12.5. The number of phenolic OH excluding ortho intramolecular Hbond substituents is 1. The highest BCUT2D eigenvalue weighted by Gasteiger charge is 2.38. The number of likely N-dealkylation sites (tertiary alicyclic amines) is 1. The molecule has 0 aromatic heterocycles. The third kappa shape index (κ3) is 9.35. The van der Waals surface area contributed by atoms with Crippen LogP contribution in [0.4, 0.5) is 0 Å². The molecule has 11 heteroatoms. The van der Waals surface area contributed by atoms with Crippen LogP contribution in [0.2, 0.25) is 0 Å². The molecule has 0 radical (unpaired) electrons. The van der Waals surface area contributed by atoms with Gasteiger partial charge in [0.05, 0.1) is 6.04 Å². The molecule has 1 aliphatic heterocycles. The van der Waals surface area contributed by atoms with Crippen molar-refractivity contribution < 1.29 is 24.3 Å². The van der Waals surface area contributed by atoms with Gasteiger partial charge in [-0.2, -0.15) is 0 Å². The SMILES string of the molecule is CCc1cccc(C)c1C[C@H](NC(=O)[C@@H]1CCCN1C(=O)[C@@H](N)Cc1c(C)cc(O)cc1C)C(=O)N[C@@H](Cc1ccccc1)C(N)=O.Cl. The fourth-order valence-electron chi connectivity index (χ4n) is 6.53. The molecule has 3 aromatic carbocycles. The van der Waals surface area contributed by atoms with Crippen molar-refractivity contribution >= 4 is 36.0 Å². The molecule has 0 spiro atoms. The van der Waals surface area contributed by atoms with Gasteiger partial charge in [0.25, 0.3) is 0 Å². The Labute approximate surface area is 289 Å². The van der Waals surface area contributed by atoms with Crippen LogP contribution in [0.15, 0.2) is 60.7 Å². The first-order chi connectivity index (χ1) is 22.4. The van der Waals surface area contributed by atoms with Gasteiger partial charge in [-0.1, -0.05) is 55.5 Å². The minimum atomic E-state index is -1.03. The number of nitrogens with two attached hydrogens (primary N) is 2. The summed E-state index contributed by atoms with van der Waals surface area (Å²) in [5.74, 6) is -1.87. The van der Waals surface area contributed by atoms with E-state index in [4.69, 9.17) is 11.5 Å². The number of halogens is 1. The van der Waals surface area contributed by atoms with Crippen LogP contribution in [0, 0.1) is 20.8 Å². The summed E-state index contributed by atoms with van der Waals surface area (Å²) >= 11 is 0. The number of nitrogens with zero attached hydrogens (tertiary/aromatic N) is 1. The number of hydrogen-bond acceptors (Lipinski definition) is 6. The van der Waals surface area contributed by atoms with Gasteiger partial charge >= 0.3 is 0 Å². The van der Waals surface area contributed by atoms with Gasteiger partial charge in [-0.05, 0) is 97.5 Å². The number of phenols is 1. The molecule has 1 fully saturated rings. The smallest absolute Gasteiger partial charge is 0.243 e. The number of amides is 4. The first-order valence-electron chi connectivity index (χ1n) is 16.3. The molecule has 0 aliphatic carbocycles. The van der Waals surface area contributed by atoms with E-state index >= 15 is 0 Å². The molecule has 48 heavy (non-hydrogen) atoms. The Morgan fingerprint density at radius 3 is 2.17 bits per heavy atom. The van der Waals surface area contributed by atoms with Crippen molar-refractivity contribution in [3.8, 4) is 5.75 Å². The average Bonchev–Trinajstić information content (AvgIpc) is 3.53. The van der Waals surface area contributed by atoms with E-state index in [-0.39, 0.29) is 43.3 Å². The lowest BCUT2D eigenvalue weighted by atomic mass is 9.93. The zero-order valence-corrected chi connectivity index (χ0v) is 28.9. The average molecular weight is 678 g/mol. The third-order valence-electron chi connectivity index (χ3n) is 9.13. The normalized spacial score (nSPS) is 15.9. The Morgan fingerprint density at radius 2 is 1.54 bits per heavy atom. The van der Waals surface area contributed by atoms with Gasteiger partial charge < -0.3 is 32.1 Å². The molecule has 0 saturated carbocycles. The van der Waals surface area contributed by atoms with Gasteiger partial charge in [0.1, 0.15) is 23.9 Å². The number of carbonyl (C=O) groups is 4. The number of rotatable bonds is 13. The molecule has 7 N–H and O–H groups in total. The summed E-state index contributed by atoms with van der Waals surface area (Å²) in [7, 11) is 0. The summed E-state index contributed by atoms with van der Waals surface area (Å²) in [4.78, 5) is 55.3. The van der Waals surface area contributed by atoms with E-state index in [0.717, 1.165) is 45.4 Å². The molecule has 1 aliphatic rings. The zero-order chi connectivity index (χ0) is 34.2. The largest absolute Gasteiger partial charge is 0.508 e. The molecule has 1 saturated heterocycles. The van der Waals surface area contributed by atoms with E-state index in [9.17, 15) is 24.3 Å². The summed E-state index contributed by atoms with van der Waals surface area (Å²) < 4.78 is 0. The van der Waals surface area contributed by atoms with Crippen molar-refractivity contribution in [2.75, 3.05) is 6.54 Å². The first-order valence-corrected chi connectivity index (χ1v) is 16.3. The minimum absolute atomic E-state index is 0. The van der Waals surface area contributed by atoms with Crippen molar-refractivity contribution in [2.45, 2.75) is 90.4 Å². The quantitative estimate of drug-likeness (QED) is 0.186. The molecule has 4 rings (SSSR count). The highest BCUT2D eigenvalue weighted by molar-refractivity contribution is 5.95. The van der Waals surface area contributed by atoms with Crippen LogP contribution in [0.5, 0.6) is 5.75 Å². The van der Waals surface area contributed by atoms with Gasteiger partial charge in [0.2, 0.25) is 23.6 Å². The lowest BCUT2D eigenvalue weighted by molar-refractivity contribution is -0.140. The van der Waals surface area contributed by atoms with Crippen LogP contribution in [0.1, 0.15) is 58.7 Å². The lowest BCUT2D eigenvalue weighted by Gasteiger charge is -2.29. The van der Waals surface area contributed by atoms with Crippen LogP contribution in [-0.2, 0) is 44.9 Å². The van der Waals surface area contributed by atoms with E-state index in [1.165, 1.54) is 4.90 Å². The van der Waals surface area contributed by atoms with E-state index in [2.05, 4.69) is 10.6 Å². The number of carbonyl (C=O) groups excluding carboxylic acids is 4. The molecule has 1 heterocycles. The Balaban J connectivity index is 0.00000625. The topological polar surface area (TPSA) is 168 Å². The first kappa shape index (κ1) is 38.0. The number of nitrogens with one attached hydrogen (secondary N) is 2. The van der Waals surface area contributed by atoms with Crippen LogP contribution < -0.4 is 22.1 Å². The third-order valence-corrected chi connectivity index (χ3v) is 9.13. The van der Waals surface area contributed by atoms with Crippen LogP contribution in [-0.4, -0.2) is 64.3 Å². The molecule has 0 unspecified atom stereocenters. The maximum Gasteiger partial charge on any atom is 0.243 e. The van der Waals surface area contributed by atoms with E-state index in [1.807, 2.05) is 76.2 Å². The molecule has 0 bridgehead atoms. The number of benzene rings is 3. The Hall–Kier alpha value is -4.41. The second kappa shape index (κ2) is 17.1. The summed E-state index contributed by atoms with van der Waals surface area (Å²) in [6, 6.07) is 14.7. The van der Waals surface area contributed by atoms with Gasteiger partial charge in [0, 0.05) is 19.4 Å². The molecular formula is C37H48ClN5O5. The maximum atomic E-state index is 13.9. The van der Waals surface area contributed by atoms with Gasteiger partial charge in [-0.25, -0.2) is 0 Å².